The Balaban J connectivity index is 2.31. The predicted molar refractivity (Wildman–Crippen MR) is 55.2 cm³/mol. The molecule has 1 nitrogen and oxygen atoms in total. The fraction of sp³-hybridized carbons (Fsp3) is 1.00. The van der Waals surface area contributed by atoms with Crippen molar-refractivity contribution in [2.45, 2.75) is 70.8 Å². The second-order valence-corrected chi connectivity index (χ2v) is 4.84. The van der Waals surface area contributed by atoms with E-state index in [1.807, 2.05) is 0 Å². The van der Waals surface area contributed by atoms with Crippen LogP contribution in [-0.4, -0.2) is 5.60 Å². The van der Waals surface area contributed by atoms with Gasteiger partial charge in [-0.2, -0.15) is 0 Å². The Hall–Kier alpha value is -0.0400. The fourth-order valence-electron chi connectivity index (χ4n) is 2.63. The van der Waals surface area contributed by atoms with E-state index in [4.69, 9.17) is 0 Å². The van der Waals surface area contributed by atoms with Crippen LogP contribution < -0.4 is 0 Å². The van der Waals surface area contributed by atoms with Crippen molar-refractivity contribution in [3.63, 3.8) is 0 Å². The Morgan fingerprint density at radius 2 is 1.85 bits per heavy atom. The third-order valence-corrected chi connectivity index (χ3v) is 3.27. The second kappa shape index (κ2) is 4.99. The number of rotatable bonds is 4. The molecule has 1 fully saturated rings. The van der Waals surface area contributed by atoms with Crippen molar-refractivity contribution in [2.24, 2.45) is 5.92 Å². The molecular formula is C12H23O. The topological polar surface area (TPSA) is 19.9 Å². The first-order chi connectivity index (χ1) is 6.16. The van der Waals surface area contributed by atoms with Gasteiger partial charge >= 0.3 is 0 Å². The Kier molecular flexibility index (Phi) is 4.24. The molecule has 1 unspecified atom stereocenters. The Bertz CT molecular complexity index is 136. The Labute approximate surface area is 82.5 Å². The molecule has 0 spiro atoms. The largest absolute Gasteiger partial charge is 0.229 e. The zero-order chi connectivity index (χ0) is 9.73. The third-order valence-electron chi connectivity index (χ3n) is 3.27. The normalized spacial score (nSPS) is 24.2. The first-order valence-electron chi connectivity index (χ1n) is 5.87. The minimum atomic E-state index is -0.549. The molecule has 13 heavy (non-hydrogen) atoms. The highest BCUT2D eigenvalue weighted by atomic mass is 16.3. The average molecular weight is 183 g/mol. The summed E-state index contributed by atoms with van der Waals surface area (Å²) in [4.78, 5) is 0. The SMILES string of the molecule is CCCC(C)CC1([O])CCCCC1. The van der Waals surface area contributed by atoms with Crippen LogP contribution in [0.3, 0.4) is 0 Å². The molecule has 0 aromatic rings. The van der Waals surface area contributed by atoms with Crippen molar-refractivity contribution in [3.05, 3.63) is 0 Å². The van der Waals surface area contributed by atoms with Gasteiger partial charge in [-0.25, -0.2) is 5.11 Å². The maximum absolute atomic E-state index is 12.2. The maximum atomic E-state index is 12.2. The fourth-order valence-corrected chi connectivity index (χ4v) is 2.63. The summed E-state index contributed by atoms with van der Waals surface area (Å²) in [6.45, 7) is 4.44. The Morgan fingerprint density at radius 1 is 1.23 bits per heavy atom. The molecule has 0 heterocycles. The maximum Gasteiger partial charge on any atom is 0.104 e. The van der Waals surface area contributed by atoms with Gasteiger partial charge in [-0.3, -0.25) is 0 Å². The lowest BCUT2D eigenvalue weighted by atomic mass is 9.78. The predicted octanol–water partition coefficient (Wildman–Crippen LogP) is 3.95. The van der Waals surface area contributed by atoms with Crippen LogP contribution >= 0.6 is 0 Å². The van der Waals surface area contributed by atoms with Gasteiger partial charge in [-0.15, -0.1) is 0 Å². The summed E-state index contributed by atoms with van der Waals surface area (Å²) in [5, 5.41) is 12.2. The third kappa shape index (κ3) is 3.68. The Morgan fingerprint density at radius 3 is 2.38 bits per heavy atom. The highest BCUT2D eigenvalue weighted by Gasteiger charge is 2.32. The van der Waals surface area contributed by atoms with Gasteiger partial charge in [0.1, 0.15) is 5.60 Å². The van der Waals surface area contributed by atoms with Crippen LogP contribution in [0.2, 0.25) is 0 Å². The zero-order valence-electron chi connectivity index (χ0n) is 9.14. The van der Waals surface area contributed by atoms with Crippen LogP contribution in [0.15, 0.2) is 0 Å². The number of hydrogen-bond donors (Lipinski definition) is 0. The van der Waals surface area contributed by atoms with Crippen LogP contribution in [0.1, 0.15) is 65.2 Å². The summed E-state index contributed by atoms with van der Waals surface area (Å²) in [5.41, 5.74) is -0.549. The molecule has 0 aromatic heterocycles. The summed E-state index contributed by atoms with van der Waals surface area (Å²) >= 11 is 0. The van der Waals surface area contributed by atoms with E-state index >= 15 is 0 Å². The molecule has 77 valence electrons. The highest BCUT2D eigenvalue weighted by Crippen LogP contribution is 2.34. The first-order valence-corrected chi connectivity index (χ1v) is 5.87. The van der Waals surface area contributed by atoms with Crippen LogP contribution in [-0.2, 0) is 5.11 Å². The lowest BCUT2D eigenvalue weighted by Gasteiger charge is -2.31. The van der Waals surface area contributed by atoms with Crippen molar-refractivity contribution < 1.29 is 5.11 Å². The summed E-state index contributed by atoms with van der Waals surface area (Å²) in [6.07, 6.45) is 8.85. The van der Waals surface area contributed by atoms with Gasteiger partial charge in [-0.05, 0) is 25.2 Å². The van der Waals surface area contributed by atoms with Crippen molar-refractivity contribution in [1.29, 1.82) is 0 Å². The van der Waals surface area contributed by atoms with Gasteiger partial charge in [0.2, 0.25) is 0 Å². The van der Waals surface area contributed by atoms with Gasteiger partial charge in [-0.1, -0.05) is 46.0 Å². The van der Waals surface area contributed by atoms with Gasteiger partial charge < -0.3 is 0 Å². The van der Waals surface area contributed by atoms with E-state index < -0.39 is 5.60 Å². The van der Waals surface area contributed by atoms with Gasteiger partial charge in [0, 0.05) is 0 Å². The van der Waals surface area contributed by atoms with Crippen LogP contribution in [0.5, 0.6) is 0 Å². The highest BCUT2D eigenvalue weighted by molar-refractivity contribution is 4.83. The standard InChI is InChI=1S/C12H23O/c1-3-7-11(2)10-12(13)8-5-4-6-9-12/h11H,3-10H2,1-2H3. The summed E-state index contributed by atoms with van der Waals surface area (Å²) in [5.74, 6) is 0.639. The molecule has 1 rings (SSSR count). The lowest BCUT2D eigenvalue weighted by molar-refractivity contribution is -0.0745. The summed E-state index contributed by atoms with van der Waals surface area (Å²) < 4.78 is 0. The average Bonchev–Trinajstić information content (AvgIpc) is 2.04. The first kappa shape index (κ1) is 11.0. The quantitative estimate of drug-likeness (QED) is 0.629. The molecule has 1 heteroatoms. The van der Waals surface area contributed by atoms with Crippen LogP contribution in [0.4, 0.5) is 0 Å². The van der Waals surface area contributed by atoms with E-state index in [9.17, 15) is 5.11 Å². The zero-order valence-corrected chi connectivity index (χ0v) is 9.14. The van der Waals surface area contributed by atoms with Crippen LogP contribution in [0, 0.1) is 5.92 Å². The molecular weight excluding hydrogens is 160 g/mol. The number of hydrogen-bond acceptors (Lipinski definition) is 0. The second-order valence-electron chi connectivity index (χ2n) is 4.84. The lowest BCUT2D eigenvalue weighted by Crippen LogP contribution is -2.31. The van der Waals surface area contributed by atoms with E-state index in [-0.39, 0.29) is 0 Å². The van der Waals surface area contributed by atoms with E-state index in [1.54, 1.807) is 0 Å². The molecule has 0 amide bonds. The molecule has 0 saturated heterocycles. The van der Waals surface area contributed by atoms with Gasteiger partial charge in [0.25, 0.3) is 0 Å². The molecule has 0 aromatic carbocycles. The molecule has 0 bridgehead atoms. The molecule has 1 radical (unpaired) electrons. The van der Waals surface area contributed by atoms with Crippen molar-refractivity contribution in [3.8, 4) is 0 Å². The molecule has 1 atom stereocenters. The monoisotopic (exact) mass is 183 g/mol. The molecule has 1 aliphatic rings. The summed E-state index contributed by atoms with van der Waals surface area (Å²) in [6, 6.07) is 0. The van der Waals surface area contributed by atoms with E-state index in [0.717, 1.165) is 19.3 Å². The molecule has 0 N–H and O–H groups in total. The van der Waals surface area contributed by atoms with E-state index in [2.05, 4.69) is 13.8 Å². The minimum absolute atomic E-state index is 0.549. The molecule has 0 aliphatic heterocycles. The molecule has 1 aliphatic carbocycles. The minimum Gasteiger partial charge on any atom is -0.229 e. The van der Waals surface area contributed by atoms with Crippen molar-refractivity contribution in [1.82, 2.24) is 0 Å². The smallest absolute Gasteiger partial charge is 0.104 e. The van der Waals surface area contributed by atoms with Crippen LogP contribution in [0.25, 0.3) is 0 Å². The van der Waals surface area contributed by atoms with Crippen molar-refractivity contribution >= 4 is 0 Å². The van der Waals surface area contributed by atoms with Crippen molar-refractivity contribution in [2.75, 3.05) is 0 Å². The van der Waals surface area contributed by atoms with E-state index in [1.165, 1.54) is 32.1 Å². The summed E-state index contributed by atoms with van der Waals surface area (Å²) in [7, 11) is 0. The van der Waals surface area contributed by atoms with Gasteiger partial charge in [0.05, 0.1) is 0 Å². The van der Waals surface area contributed by atoms with Gasteiger partial charge in [0.15, 0.2) is 0 Å². The molecule has 1 saturated carbocycles. The van der Waals surface area contributed by atoms with E-state index in [0.29, 0.717) is 5.92 Å².